The predicted octanol–water partition coefficient (Wildman–Crippen LogP) is 4.37. The molecule has 1 N–H and O–H groups in total. The van der Waals surface area contributed by atoms with Gasteiger partial charge in [0.15, 0.2) is 0 Å². The molecule has 1 fully saturated rings. The average Bonchev–Trinajstić information content (AvgIpc) is 3.09. The Balaban J connectivity index is 1.91. The van der Waals surface area contributed by atoms with Crippen LogP contribution in [-0.4, -0.2) is 28.8 Å². The molecule has 166 valence electrons. The zero-order chi connectivity index (χ0) is 23.7. The minimum atomic E-state index is -1.25. The molecule has 9 heteroatoms. The average molecular weight is 448 g/mol. The molecule has 3 aromatic carbocycles. The molecule has 1 aliphatic heterocycles. The zero-order valence-electron chi connectivity index (χ0n) is 17.3. The van der Waals surface area contributed by atoms with Gasteiger partial charge in [0.2, 0.25) is 0 Å². The molecule has 0 aromatic heterocycles. The molecule has 8 nitrogen and oxygen atoms in total. The first-order valence-electron chi connectivity index (χ1n) is 9.77. The van der Waals surface area contributed by atoms with Gasteiger partial charge in [-0.3, -0.25) is 24.6 Å². The van der Waals surface area contributed by atoms with E-state index in [0.29, 0.717) is 11.4 Å². The van der Waals surface area contributed by atoms with E-state index < -0.39 is 34.2 Å². The zero-order valence-corrected chi connectivity index (χ0v) is 17.3. The molecule has 0 radical (unpaired) electrons. The van der Waals surface area contributed by atoms with Gasteiger partial charge in [0.25, 0.3) is 17.4 Å². The summed E-state index contributed by atoms with van der Waals surface area (Å²) in [7, 11) is 1.48. The first kappa shape index (κ1) is 21.7. The number of ether oxygens (including phenoxy) is 1. The van der Waals surface area contributed by atoms with E-state index in [1.165, 1.54) is 37.4 Å². The van der Waals surface area contributed by atoms with E-state index in [-0.39, 0.29) is 22.4 Å². The molecule has 1 aliphatic rings. The van der Waals surface area contributed by atoms with E-state index in [1.807, 2.05) is 0 Å². The second-order valence-corrected chi connectivity index (χ2v) is 7.19. The number of halogens is 1. The van der Waals surface area contributed by atoms with Crippen LogP contribution >= 0.6 is 0 Å². The van der Waals surface area contributed by atoms with Crippen LogP contribution in [0.4, 0.5) is 15.8 Å². The summed E-state index contributed by atoms with van der Waals surface area (Å²) in [6.45, 7) is 0. The Morgan fingerprint density at radius 2 is 1.67 bits per heavy atom. The number of hydrogen-bond acceptors (Lipinski definition) is 6. The maximum atomic E-state index is 14.8. The minimum absolute atomic E-state index is 0.0102. The Morgan fingerprint density at radius 3 is 2.24 bits per heavy atom. The van der Waals surface area contributed by atoms with Gasteiger partial charge < -0.3 is 9.84 Å². The number of non-ortho nitro benzene ring substituents is 1. The van der Waals surface area contributed by atoms with Crippen molar-refractivity contribution in [3.63, 3.8) is 0 Å². The number of aliphatic hydroxyl groups excluding tert-OH is 1. The molecular weight excluding hydrogens is 431 g/mol. The molecule has 4 rings (SSSR count). The van der Waals surface area contributed by atoms with Crippen LogP contribution in [-0.2, 0) is 9.59 Å². The lowest BCUT2D eigenvalue weighted by Gasteiger charge is -2.25. The van der Waals surface area contributed by atoms with Crippen LogP contribution in [0, 0.1) is 15.9 Å². The number of methoxy groups -OCH3 is 1. The Hall–Kier alpha value is -4.53. The number of aliphatic hydroxyl groups is 1. The normalized spacial score (nSPS) is 17.3. The maximum absolute atomic E-state index is 14.8. The molecule has 0 spiro atoms. The first-order chi connectivity index (χ1) is 15.8. The summed E-state index contributed by atoms with van der Waals surface area (Å²) in [5.74, 6) is -2.67. The number of carbonyl (C=O) groups is 2. The van der Waals surface area contributed by atoms with Gasteiger partial charge in [-0.25, -0.2) is 4.39 Å². The number of nitrogens with zero attached hydrogens (tertiary/aromatic N) is 2. The van der Waals surface area contributed by atoms with E-state index in [4.69, 9.17) is 4.74 Å². The Bertz CT molecular complexity index is 1290. The van der Waals surface area contributed by atoms with E-state index in [2.05, 4.69) is 0 Å². The van der Waals surface area contributed by atoms with Crippen molar-refractivity contribution in [1.82, 2.24) is 0 Å². The van der Waals surface area contributed by atoms with E-state index in [9.17, 15) is 29.2 Å². The van der Waals surface area contributed by atoms with Crippen molar-refractivity contribution < 1.29 is 28.7 Å². The molecule has 1 amide bonds. The number of nitro groups is 1. The van der Waals surface area contributed by atoms with Crippen LogP contribution in [0.25, 0.3) is 5.76 Å². The van der Waals surface area contributed by atoms with Crippen LogP contribution < -0.4 is 9.64 Å². The number of Topliss-reactive ketones (excluding diaryl/α,β-unsaturated/α-hetero) is 1. The van der Waals surface area contributed by atoms with Crippen molar-refractivity contribution in [2.45, 2.75) is 6.04 Å². The lowest BCUT2D eigenvalue weighted by Crippen LogP contribution is -2.29. The van der Waals surface area contributed by atoms with Crippen molar-refractivity contribution in [3.8, 4) is 5.75 Å². The van der Waals surface area contributed by atoms with Crippen LogP contribution in [0.3, 0.4) is 0 Å². The summed E-state index contributed by atoms with van der Waals surface area (Å²) < 4.78 is 20.0. The number of nitro benzene ring substituents is 1. The standard InChI is InChI=1S/C24H17FN2O6/c1-33-17-12-10-15(11-13-17)26-21(18-4-2-3-5-19(18)25)20(23(29)24(26)30)22(28)14-6-8-16(9-7-14)27(31)32/h2-13,21,28H,1H3/b22-20-. The second kappa shape index (κ2) is 8.54. The highest BCUT2D eigenvalue weighted by molar-refractivity contribution is 6.51. The fraction of sp³-hybridized carbons (Fsp3) is 0.0833. The number of benzene rings is 3. The number of amides is 1. The van der Waals surface area contributed by atoms with Gasteiger partial charge in [-0.05, 0) is 42.5 Å². The number of hydrogen-bond donors (Lipinski definition) is 1. The third-order valence-electron chi connectivity index (χ3n) is 5.35. The molecule has 0 aliphatic carbocycles. The van der Waals surface area contributed by atoms with Gasteiger partial charge in [0.1, 0.15) is 17.3 Å². The largest absolute Gasteiger partial charge is 0.507 e. The Kier molecular flexibility index (Phi) is 5.61. The van der Waals surface area contributed by atoms with Gasteiger partial charge in [0, 0.05) is 28.9 Å². The van der Waals surface area contributed by atoms with Crippen LogP contribution in [0.5, 0.6) is 5.75 Å². The smallest absolute Gasteiger partial charge is 0.300 e. The highest BCUT2D eigenvalue weighted by atomic mass is 19.1. The van der Waals surface area contributed by atoms with Gasteiger partial charge in [-0.1, -0.05) is 18.2 Å². The monoisotopic (exact) mass is 448 g/mol. The maximum Gasteiger partial charge on any atom is 0.300 e. The lowest BCUT2D eigenvalue weighted by molar-refractivity contribution is -0.384. The van der Waals surface area contributed by atoms with Gasteiger partial charge in [-0.2, -0.15) is 0 Å². The lowest BCUT2D eigenvalue weighted by atomic mass is 9.94. The molecule has 33 heavy (non-hydrogen) atoms. The Morgan fingerprint density at radius 1 is 1.03 bits per heavy atom. The van der Waals surface area contributed by atoms with Crippen molar-refractivity contribution in [3.05, 3.63) is 105 Å². The van der Waals surface area contributed by atoms with E-state index >= 15 is 0 Å². The summed E-state index contributed by atoms with van der Waals surface area (Å²) in [6, 6.07) is 15.5. The number of anilines is 1. The molecule has 1 heterocycles. The van der Waals surface area contributed by atoms with Crippen molar-refractivity contribution in [2.24, 2.45) is 0 Å². The molecule has 1 atom stereocenters. The van der Waals surface area contributed by atoms with Crippen molar-refractivity contribution >= 4 is 28.8 Å². The molecule has 3 aromatic rings. The van der Waals surface area contributed by atoms with Crippen molar-refractivity contribution in [2.75, 3.05) is 12.0 Å². The fourth-order valence-corrected chi connectivity index (χ4v) is 3.73. The second-order valence-electron chi connectivity index (χ2n) is 7.19. The van der Waals surface area contributed by atoms with Crippen molar-refractivity contribution in [1.29, 1.82) is 0 Å². The van der Waals surface area contributed by atoms with Crippen LogP contribution in [0.15, 0.2) is 78.4 Å². The number of carbonyl (C=O) groups excluding carboxylic acids is 2. The third kappa shape index (κ3) is 3.80. The van der Waals surface area contributed by atoms with Crippen LogP contribution in [0.1, 0.15) is 17.2 Å². The quantitative estimate of drug-likeness (QED) is 0.204. The molecule has 1 saturated heterocycles. The molecule has 0 bridgehead atoms. The highest BCUT2D eigenvalue weighted by Gasteiger charge is 2.47. The highest BCUT2D eigenvalue weighted by Crippen LogP contribution is 2.43. The van der Waals surface area contributed by atoms with Crippen LogP contribution in [0.2, 0.25) is 0 Å². The number of ketones is 1. The summed E-state index contributed by atoms with van der Waals surface area (Å²) >= 11 is 0. The summed E-state index contributed by atoms with van der Waals surface area (Å²) in [4.78, 5) is 37.5. The number of rotatable bonds is 5. The summed E-state index contributed by atoms with van der Waals surface area (Å²) in [5, 5.41) is 21.9. The molecule has 0 saturated carbocycles. The molecular formula is C24H17FN2O6. The predicted molar refractivity (Wildman–Crippen MR) is 117 cm³/mol. The van der Waals surface area contributed by atoms with E-state index in [1.54, 1.807) is 30.3 Å². The minimum Gasteiger partial charge on any atom is -0.507 e. The topological polar surface area (TPSA) is 110 Å². The van der Waals surface area contributed by atoms with Gasteiger partial charge in [0.05, 0.1) is 23.6 Å². The third-order valence-corrected chi connectivity index (χ3v) is 5.35. The SMILES string of the molecule is COc1ccc(N2C(=O)C(=O)/C(=C(\O)c3ccc([N+](=O)[O-])cc3)C2c2ccccc2F)cc1. The van der Waals surface area contributed by atoms with Gasteiger partial charge in [-0.15, -0.1) is 0 Å². The van der Waals surface area contributed by atoms with Gasteiger partial charge >= 0.3 is 0 Å². The van der Waals surface area contributed by atoms with E-state index in [0.717, 1.165) is 17.0 Å². The molecule has 1 unspecified atom stereocenters. The summed E-state index contributed by atoms with van der Waals surface area (Å²) in [6.07, 6.45) is 0. The first-order valence-corrected chi connectivity index (χ1v) is 9.77. The summed E-state index contributed by atoms with van der Waals surface area (Å²) in [5.41, 5.74) is -0.148. The Labute approximate surface area is 187 Å². The fourth-order valence-electron chi connectivity index (χ4n) is 3.73.